The number of aryl methyl sites for hydroxylation is 1. The van der Waals surface area contributed by atoms with Crippen molar-refractivity contribution in [2.24, 2.45) is 0 Å². The molecule has 0 aromatic heterocycles. The van der Waals surface area contributed by atoms with Crippen molar-refractivity contribution in [1.82, 2.24) is 15.1 Å². The number of nitrogens with one attached hydrogen (secondary N) is 1. The van der Waals surface area contributed by atoms with Crippen molar-refractivity contribution < 1.29 is 14.4 Å². The third-order valence-electron chi connectivity index (χ3n) is 7.72. The molecule has 3 amide bonds. The van der Waals surface area contributed by atoms with Crippen LogP contribution in [0.1, 0.15) is 50.7 Å². The van der Waals surface area contributed by atoms with Crippen LogP contribution in [-0.4, -0.2) is 73.3 Å². The van der Waals surface area contributed by atoms with Crippen LogP contribution in [0.4, 0.5) is 5.69 Å². The second kappa shape index (κ2) is 11.5. The van der Waals surface area contributed by atoms with E-state index < -0.39 is 11.5 Å². The summed E-state index contributed by atoms with van der Waals surface area (Å²) in [6, 6.07) is 17.6. The summed E-state index contributed by atoms with van der Waals surface area (Å²) in [5.41, 5.74) is 2.68. The fraction of sp³-hybridized carbons (Fsp3) is 0.500. The van der Waals surface area contributed by atoms with E-state index in [0.717, 1.165) is 36.1 Å². The van der Waals surface area contributed by atoms with Crippen molar-refractivity contribution in [2.75, 3.05) is 38.6 Å². The number of anilines is 1. The van der Waals surface area contributed by atoms with Gasteiger partial charge < -0.3 is 20.0 Å². The van der Waals surface area contributed by atoms with Crippen molar-refractivity contribution in [2.45, 2.75) is 63.5 Å². The van der Waals surface area contributed by atoms with E-state index in [1.165, 1.54) is 0 Å². The summed E-state index contributed by atoms with van der Waals surface area (Å²) in [4.78, 5) is 45.4. The first-order valence-electron chi connectivity index (χ1n) is 13.4. The Morgan fingerprint density at radius 2 is 1.68 bits per heavy atom. The molecule has 4 rings (SSSR count). The summed E-state index contributed by atoms with van der Waals surface area (Å²) in [5.74, 6) is 0.00457. The van der Waals surface area contributed by atoms with Gasteiger partial charge in [0.1, 0.15) is 6.04 Å². The van der Waals surface area contributed by atoms with Gasteiger partial charge in [0.05, 0.1) is 5.41 Å². The molecule has 0 saturated carbocycles. The molecule has 2 aliphatic rings. The van der Waals surface area contributed by atoms with Gasteiger partial charge in [-0.25, -0.2) is 0 Å². The molecule has 198 valence electrons. The van der Waals surface area contributed by atoms with Crippen LogP contribution in [0.2, 0.25) is 0 Å². The summed E-state index contributed by atoms with van der Waals surface area (Å²) in [7, 11) is 3.86. The molecular formula is C30H40N4O3. The molecule has 1 N–H and O–H groups in total. The van der Waals surface area contributed by atoms with Crippen molar-refractivity contribution in [3.63, 3.8) is 0 Å². The van der Waals surface area contributed by atoms with E-state index in [1.54, 1.807) is 0 Å². The van der Waals surface area contributed by atoms with Crippen LogP contribution in [-0.2, 0) is 26.2 Å². The lowest BCUT2D eigenvalue weighted by Crippen LogP contribution is -2.54. The first-order chi connectivity index (χ1) is 17.7. The van der Waals surface area contributed by atoms with Crippen LogP contribution >= 0.6 is 0 Å². The quantitative estimate of drug-likeness (QED) is 0.568. The molecule has 37 heavy (non-hydrogen) atoms. The molecule has 0 bridgehead atoms. The lowest BCUT2D eigenvalue weighted by atomic mass is 9.86. The Hall–Kier alpha value is -3.19. The van der Waals surface area contributed by atoms with Gasteiger partial charge in [-0.15, -0.1) is 0 Å². The van der Waals surface area contributed by atoms with E-state index in [4.69, 9.17) is 0 Å². The minimum Gasteiger partial charge on any atom is -0.344 e. The van der Waals surface area contributed by atoms with Gasteiger partial charge in [-0.2, -0.15) is 0 Å². The summed E-state index contributed by atoms with van der Waals surface area (Å²) in [6.07, 6.45) is 3.08. The number of para-hydroxylation sites is 1. The minimum atomic E-state index is -0.556. The van der Waals surface area contributed by atoms with E-state index in [2.05, 4.69) is 5.32 Å². The first kappa shape index (κ1) is 26.9. The zero-order valence-electron chi connectivity index (χ0n) is 22.6. The molecular weight excluding hydrogens is 464 g/mol. The predicted molar refractivity (Wildman–Crippen MR) is 146 cm³/mol. The molecule has 2 heterocycles. The Morgan fingerprint density at radius 1 is 1.03 bits per heavy atom. The van der Waals surface area contributed by atoms with Crippen LogP contribution in [0.3, 0.4) is 0 Å². The van der Waals surface area contributed by atoms with Crippen molar-refractivity contribution in [3.05, 3.63) is 65.7 Å². The number of rotatable bonds is 9. The number of nitrogens with zero attached hydrogens (tertiary/aromatic N) is 3. The highest BCUT2D eigenvalue weighted by atomic mass is 16.2. The maximum Gasteiger partial charge on any atom is 0.245 e. The Kier molecular flexibility index (Phi) is 8.32. The number of benzene rings is 2. The van der Waals surface area contributed by atoms with E-state index in [9.17, 15) is 14.4 Å². The third-order valence-corrected chi connectivity index (χ3v) is 7.72. The lowest BCUT2D eigenvalue weighted by molar-refractivity contribution is -0.137. The molecule has 1 fully saturated rings. The minimum absolute atomic E-state index is 0.0268. The molecule has 0 aliphatic carbocycles. The molecule has 7 heteroatoms. The number of carbonyl (C=O) groups excluding carboxylic acids is 3. The van der Waals surface area contributed by atoms with E-state index >= 15 is 0 Å². The van der Waals surface area contributed by atoms with Gasteiger partial charge in [-0.3, -0.25) is 14.4 Å². The predicted octanol–water partition coefficient (Wildman–Crippen LogP) is 3.37. The summed E-state index contributed by atoms with van der Waals surface area (Å²) in [6.45, 7) is 5.77. The number of piperidine rings is 1. The molecule has 2 aliphatic heterocycles. The number of amides is 3. The van der Waals surface area contributed by atoms with Crippen LogP contribution in [0, 0.1) is 0 Å². The Morgan fingerprint density at radius 3 is 2.35 bits per heavy atom. The highest BCUT2D eigenvalue weighted by molar-refractivity contribution is 6.08. The topological polar surface area (TPSA) is 73.0 Å². The maximum absolute atomic E-state index is 13.6. The monoisotopic (exact) mass is 504 g/mol. The zero-order valence-corrected chi connectivity index (χ0v) is 22.6. The fourth-order valence-electron chi connectivity index (χ4n) is 5.47. The van der Waals surface area contributed by atoms with Crippen molar-refractivity contribution >= 4 is 23.4 Å². The standard InChI is InChI=1S/C30H40N4O3/c1-30(2)24-12-8-9-13-26(24)34(29(30)37)23-16-20-33(21-17-23)28(36)25(31-27(35)18-19-32(3)4)15-14-22-10-6-5-7-11-22/h5-13,23,25H,14-21H2,1-4H3,(H,31,35)/t25-/m0/s1. The molecule has 2 aromatic rings. The van der Waals surface area contributed by atoms with Gasteiger partial charge in [0.2, 0.25) is 17.7 Å². The zero-order chi connectivity index (χ0) is 26.6. The largest absolute Gasteiger partial charge is 0.344 e. The molecule has 0 spiro atoms. The summed E-state index contributed by atoms with van der Waals surface area (Å²) < 4.78 is 0. The lowest BCUT2D eigenvalue weighted by Gasteiger charge is -2.38. The highest BCUT2D eigenvalue weighted by Gasteiger charge is 2.46. The molecule has 0 radical (unpaired) electrons. The molecule has 1 saturated heterocycles. The summed E-state index contributed by atoms with van der Waals surface area (Å²) in [5, 5.41) is 3.02. The molecule has 2 aromatic carbocycles. The van der Waals surface area contributed by atoms with Gasteiger partial charge >= 0.3 is 0 Å². The number of fused-ring (bicyclic) bond motifs is 1. The SMILES string of the molecule is CN(C)CCC(=O)N[C@@H](CCc1ccccc1)C(=O)N1CCC(N2C(=O)C(C)(C)c3ccccc32)CC1. The fourth-order valence-corrected chi connectivity index (χ4v) is 5.47. The number of carbonyl (C=O) groups is 3. The normalized spacial score (nSPS) is 18.1. The Labute approximate surface area is 220 Å². The second-order valence-electron chi connectivity index (χ2n) is 11.1. The highest BCUT2D eigenvalue weighted by Crippen LogP contribution is 2.43. The third kappa shape index (κ3) is 6.04. The van der Waals surface area contributed by atoms with Crippen LogP contribution < -0.4 is 10.2 Å². The number of likely N-dealkylation sites (tertiary alicyclic amines) is 1. The summed E-state index contributed by atoms with van der Waals surface area (Å²) >= 11 is 0. The Bertz CT molecular complexity index is 1110. The van der Waals surface area contributed by atoms with Gasteiger partial charge in [0, 0.05) is 37.8 Å². The van der Waals surface area contributed by atoms with E-state index in [1.807, 2.05) is 97.2 Å². The van der Waals surface area contributed by atoms with Crippen LogP contribution in [0.15, 0.2) is 54.6 Å². The van der Waals surface area contributed by atoms with Gasteiger partial charge in [0.15, 0.2) is 0 Å². The smallest absolute Gasteiger partial charge is 0.245 e. The average molecular weight is 505 g/mol. The molecule has 1 atom stereocenters. The number of hydrogen-bond donors (Lipinski definition) is 1. The maximum atomic E-state index is 13.6. The number of hydrogen-bond acceptors (Lipinski definition) is 4. The molecule has 7 nitrogen and oxygen atoms in total. The van der Waals surface area contributed by atoms with Gasteiger partial charge in [-0.1, -0.05) is 48.5 Å². The van der Waals surface area contributed by atoms with Crippen LogP contribution in [0.5, 0.6) is 0 Å². The van der Waals surface area contributed by atoms with E-state index in [-0.39, 0.29) is 23.8 Å². The average Bonchev–Trinajstić information content (AvgIpc) is 3.10. The Balaban J connectivity index is 1.41. The first-order valence-corrected chi connectivity index (χ1v) is 13.4. The van der Waals surface area contributed by atoms with Crippen LogP contribution in [0.25, 0.3) is 0 Å². The van der Waals surface area contributed by atoms with Crippen molar-refractivity contribution in [1.29, 1.82) is 0 Å². The second-order valence-corrected chi connectivity index (χ2v) is 11.1. The molecule has 0 unspecified atom stereocenters. The van der Waals surface area contributed by atoms with Gasteiger partial charge in [-0.05, 0) is 70.8 Å². The van der Waals surface area contributed by atoms with Gasteiger partial charge in [0.25, 0.3) is 0 Å². The van der Waals surface area contributed by atoms with Crippen molar-refractivity contribution in [3.8, 4) is 0 Å². The van der Waals surface area contributed by atoms with E-state index in [0.29, 0.717) is 32.5 Å².